The number of amides is 1. The topological polar surface area (TPSA) is 104 Å². The average molecular weight is 399 g/mol. The van der Waals surface area contributed by atoms with Gasteiger partial charge in [0.05, 0.1) is 31.1 Å². The third kappa shape index (κ3) is 4.68. The van der Waals surface area contributed by atoms with Gasteiger partial charge in [0.1, 0.15) is 5.75 Å². The predicted molar refractivity (Wildman–Crippen MR) is 103 cm³/mol. The number of para-hydroxylation sites is 1. The molecule has 0 spiro atoms. The molecule has 0 fully saturated rings. The molecule has 1 aromatic heterocycles. The molecule has 1 heterocycles. The molecule has 0 atom stereocenters. The number of rotatable bonds is 7. The third-order valence-electron chi connectivity index (χ3n) is 3.66. The number of carbonyl (C=O) groups is 2. The maximum Gasteiger partial charge on any atom is 0.337 e. The lowest BCUT2D eigenvalue weighted by molar-refractivity contribution is -0.113. The van der Waals surface area contributed by atoms with Crippen molar-refractivity contribution < 1.29 is 23.5 Å². The number of thioether (sulfide) groups is 1. The lowest BCUT2D eigenvalue weighted by atomic mass is 10.2. The number of hydrogen-bond acceptors (Lipinski definition) is 8. The molecule has 0 saturated carbocycles. The molecule has 9 heteroatoms. The lowest BCUT2D eigenvalue weighted by Crippen LogP contribution is -2.14. The first-order chi connectivity index (χ1) is 13.6. The summed E-state index contributed by atoms with van der Waals surface area (Å²) in [6, 6.07) is 13.7. The molecule has 0 unspecified atom stereocenters. The SMILES string of the molecule is COC(=O)c1ccc(NC(=O)CSc2nnc(-c3ccccc3OC)o2)cc1. The summed E-state index contributed by atoms with van der Waals surface area (Å²) in [5, 5.41) is 11.0. The van der Waals surface area contributed by atoms with Gasteiger partial charge in [-0.05, 0) is 36.4 Å². The monoisotopic (exact) mass is 399 g/mol. The minimum Gasteiger partial charge on any atom is -0.496 e. The summed E-state index contributed by atoms with van der Waals surface area (Å²) in [5.74, 6) is 0.352. The standard InChI is InChI=1S/C19H17N3O5S/c1-25-15-6-4-3-5-14(15)17-21-22-19(27-17)28-11-16(23)20-13-9-7-12(8-10-13)18(24)26-2/h3-10H,11H2,1-2H3,(H,20,23). The van der Waals surface area contributed by atoms with Gasteiger partial charge in [-0.3, -0.25) is 4.79 Å². The fourth-order valence-electron chi connectivity index (χ4n) is 2.33. The molecule has 0 saturated heterocycles. The molecule has 0 aliphatic carbocycles. The Morgan fingerprint density at radius 3 is 2.54 bits per heavy atom. The highest BCUT2D eigenvalue weighted by molar-refractivity contribution is 7.99. The van der Waals surface area contributed by atoms with Crippen LogP contribution in [-0.4, -0.2) is 42.0 Å². The van der Waals surface area contributed by atoms with Gasteiger partial charge in [-0.25, -0.2) is 4.79 Å². The molecule has 8 nitrogen and oxygen atoms in total. The quantitative estimate of drug-likeness (QED) is 0.477. The van der Waals surface area contributed by atoms with Crippen molar-refractivity contribution in [3.63, 3.8) is 0 Å². The Morgan fingerprint density at radius 2 is 1.82 bits per heavy atom. The van der Waals surface area contributed by atoms with Crippen LogP contribution in [0.1, 0.15) is 10.4 Å². The smallest absolute Gasteiger partial charge is 0.337 e. The van der Waals surface area contributed by atoms with Gasteiger partial charge < -0.3 is 19.2 Å². The zero-order valence-electron chi connectivity index (χ0n) is 15.2. The van der Waals surface area contributed by atoms with Crippen molar-refractivity contribution in [3.05, 3.63) is 54.1 Å². The number of anilines is 1. The Kier molecular flexibility index (Phi) is 6.28. The van der Waals surface area contributed by atoms with E-state index in [0.717, 1.165) is 11.8 Å². The Bertz CT molecular complexity index is 972. The number of ether oxygens (including phenoxy) is 2. The van der Waals surface area contributed by atoms with Crippen LogP contribution in [0.2, 0.25) is 0 Å². The number of nitrogens with one attached hydrogen (secondary N) is 1. The molecule has 0 radical (unpaired) electrons. The highest BCUT2D eigenvalue weighted by Crippen LogP contribution is 2.30. The summed E-state index contributed by atoms with van der Waals surface area (Å²) in [4.78, 5) is 23.5. The predicted octanol–water partition coefficient (Wildman–Crippen LogP) is 3.26. The second kappa shape index (κ2) is 9.05. The first-order valence-electron chi connectivity index (χ1n) is 8.18. The van der Waals surface area contributed by atoms with Crippen LogP contribution in [0.15, 0.2) is 58.2 Å². The minimum absolute atomic E-state index is 0.0896. The maximum atomic E-state index is 12.1. The second-order valence-electron chi connectivity index (χ2n) is 5.48. The van der Waals surface area contributed by atoms with E-state index >= 15 is 0 Å². The van der Waals surface area contributed by atoms with Crippen LogP contribution in [-0.2, 0) is 9.53 Å². The van der Waals surface area contributed by atoms with Crippen molar-refractivity contribution in [2.45, 2.75) is 5.22 Å². The summed E-state index contributed by atoms with van der Waals surface area (Å²) >= 11 is 1.12. The number of carbonyl (C=O) groups excluding carboxylic acids is 2. The molecular formula is C19H17N3O5S. The first-order valence-corrected chi connectivity index (χ1v) is 9.17. The van der Waals surface area contributed by atoms with E-state index in [1.54, 1.807) is 37.4 Å². The van der Waals surface area contributed by atoms with E-state index in [9.17, 15) is 9.59 Å². The summed E-state index contributed by atoms with van der Waals surface area (Å²) in [6.07, 6.45) is 0. The Hall–Kier alpha value is -3.33. The van der Waals surface area contributed by atoms with Gasteiger partial charge >= 0.3 is 5.97 Å². The molecule has 0 bridgehead atoms. The summed E-state index contributed by atoms with van der Waals surface area (Å²) in [5.41, 5.74) is 1.66. The summed E-state index contributed by atoms with van der Waals surface area (Å²) in [6.45, 7) is 0. The number of nitrogens with zero attached hydrogens (tertiary/aromatic N) is 2. The van der Waals surface area contributed by atoms with Crippen molar-refractivity contribution >= 4 is 29.3 Å². The lowest BCUT2D eigenvalue weighted by Gasteiger charge is -2.05. The van der Waals surface area contributed by atoms with Crippen LogP contribution < -0.4 is 10.1 Å². The maximum absolute atomic E-state index is 12.1. The number of hydrogen-bond donors (Lipinski definition) is 1. The van der Waals surface area contributed by atoms with Gasteiger partial charge in [-0.1, -0.05) is 23.9 Å². The van der Waals surface area contributed by atoms with Crippen molar-refractivity contribution in [3.8, 4) is 17.2 Å². The van der Waals surface area contributed by atoms with Gasteiger partial charge in [0.2, 0.25) is 5.91 Å². The number of aromatic nitrogens is 2. The zero-order valence-corrected chi connectivity index (χ0v) is 16.0. The van der Waals surface area contributed by atoms with E-state index in [-0.39, 0.29) is 16.9 Å². The molecule has 1 amide bonds. The third-order valence-corrected chi connectivity index (χ3v) is 4.48. The number of esters is 1. The van der Waals surface area contributed by atoms with Gasteiger partial charge in [0, 0.05) is 5.69 Å². The Labute approximate surface area is 165 Å². The molecule has 0 aliphatic heterocycles. The van der Waals surface area contributed by atoms with Crippen molar-refractivity contribution in [1.29, 1.82) is 0 Å². The van der Waals surface area contributed by atoms with Crippen LogP contribution in [0.3, 0.4) is 0 Å². The normalized spacial score (nSPS) is 10.4. The number of methoxy groups -OCH3 is 2. The van der Waals surface area contributed by atoms with Crippen molar-refractivity contribution in [2.24, 2.45) is 0 Å². The highest BCUT2D eigenvalue weighted by Gasteiger charge is 2.14. The molecule has 1 N–H and O–H groups in total. The first kappa shape index (κ1) is 19.4. The van der Waals surface area contributed by atoms with Gasteiger partial charge in [0.25, 0.3) is 11.1 Å². The van der Waals surface area contributed by atoms with Crippen molar-refractivity contribution in [1.82, 2.24) is 10.2 Å². The minimum atomic E-state index is -0.435. The summed E-state index contributed by atoms with van der Waals surface area (Å²) in [7, 11) is 2.87. The highest BCUT2D eigenvalue weighted by atomic mass is 32.2. The Balaban J connectivity index is 1.57. The van der Waals surface area contributed by atoms with E-state index in [2.05, 4.69) is 20.3 Å². The van der Waals surface area contributed by atoms with Gasteiger partial charge in [-0.15, -0.1) is 10.2 Å². The van der Waals surface area contributed by atoms with Crippen LogP contribution in [0.25, 0.3) is 11.5 Å². The molecule has 144 valence electrons. The van der Waals surface area contributed by atoms with Crippen LogP contribution in [0.5, 0.6) is 5.75 Å². The molecule has 28 heavy (non-hydrogen) atoms. The molecule has 2 aromatic carbocycles. The fraction of sp³-hybridized carbons (Fsp3) is 0.158. The van der Waals surface area contributed by atoms with Gasteiger partial charge in [0.15, 0.2) is 0 Å². The van der Waals surface area contributed by atoms with E-state index in [4.69, 9.17) is 9.15 Å². The Morgan fingerprint density at radius 1 is 1.07 bits per heavy atom. The second-order valence-corrected chi connectivity index (χ2v) is 6.41. The fourth-order valence-corrected chi connectivity index (χ4v) is 2.89. The van der Waals surface area contributed by atoms with Crippen LogP contribution in [0, 0.1) is 0 Å². The molecular weight excluding hydrogens is 382 g/mol. The van der Waals surface area contributed by atoms with Crippen LogP contribution in [0.4, 0.5) is 5.69 Å². The van der Waals surface area contributed by atoms with E-state index in [0.29, 0.717) is 28.5 Å². The average Bonchev–Trinajstić information content (AvgIpc) is 3.21. The van der Waals surface area contributed by atoms with E-state index in [1.165, 1.54) is 7.11 Å². The van der Waals surface area contributed by atoms with Crippen LogP contribution >= 0.6 is 11.8 Å². The number of benzene rings is 2. The summed E-state index contributed by atoms with van der Waals surface area (Å²) < 4.78 is 15.5. The van der Waals surface area contributed by atoms with Crippen molar-refractivity contribution in [2.75, 3.05) is 25.3 Å². The molecule has 3 aromatic rings. The molecule has 0 aliphatic rings. The zero-order chi connectivity index (χ0) is 19.9. The molecule has 3 rings (SSSR count). The largest absolute Gasteiger partial charge is 0.496 e. The van der Waals surface area contributed by atoms with Gasteiger partial charge in [-0.2, -0.15) is 0 Å². The van der Waals surface area contributed by atoms with E-state index < -0.39 is 5.97 Å². The van der Waals surface area contributed by atoms with E-state index in [1.807, 2.05) is 18.2 Å².